The Morgan fingerprint density at radius 1 is 1.03 bits per heavy atom. The molecule has 1 heterocycles. The minimum absolute atomic E-state index is 0.171. The van der Waals surface area contributed by atoms with Gasteiger partial charge in [-0.15, -0.1) is 10.2 Å². The molecule has 6 nitrogen and oxygen atoms in total. The average molecular weight is 445 g/mol. The summed E-state index contributed by atoms with van der Waals surface area (Å²) in [7, 11) is 0. The quantitative estimate of drug-likeness (QED) is 0.626. The Hall–Kier alpha value is -1.01. The van der Waals surface area contributed by atoms with Crippen molar-refractivity contribution in [2.45, 2.75) is 104 Å². The summed E-state index contributed by atoms with van der Waals surface area (Å²) in [6.45, 7) is 9.77. The molecule has 4 aliphatic rings. The smallest absolute Gasteiger partial charge is 0.174 e. The van der Waals surface area contributed by atoms with E-state index >= 15 is 0 Å². The first-order chi connectivity index (χ1) is 15.3. The first-order valence-corrected chi connectivity index (χ1v) is 13.4. The van der Waals surface area contributed by atoms with E-state index in [9.17, 15) is 10.2 Å². The second kappa shape index (κ2) is 8.33. The van der Waals surface area contributed by atoms with Crippen LogP contribution in [-0.2, 0) is 6.42 Å². The van der Waals surface area contributed by atoms with Gasteiger partial charge >= 0.3 is 0 Å². The van der Waals surface area contributed by atoms with Crippen LogP contribution in [0.5, 0.6) is 0 Å². The van der Waals surface area contributed by atoms with Gasteiger partial charge in [-0.05, 0) is 104 Å². The number of rotatable bonds is 5. The van der Waals surface area contributed by atoms with Crippen LogP contribution < -0.4 is 0 Å². The lowest BCUT2D eigenvalue weighted by Gasteiger charge is -2.64. The molecule has 32 heavy (non-hydrogen) atoms. The van der Waals surface area contributed by atoms with Gasteiger partial charge in [-0.3, -0.25) is 0 Å². The Morgan fingerprint density at radius 3 is 2.50 bits per heavy atom. The van der Waals surface area contributed by atoms with E-state index in [0.29, 0.717) is 46.8 Å². The van der Waals surface area contributed by atoms with Crippen molar-refractivity contribution in [3.63, 3.8) is 0 Å². The normalized spacial score (nSPS) is 49.2. The lowest BCUT2D eigenvalue weighted by molar-refractivity contribution is -0.203. The molecule has 4 saturated carbocycles. The third kappa shape index (κ3) is 3.38. The second-order valence-corrected chi connectivity index (χ2v) is 12.5. The maximum absolute atomic E-state index is 11.8. The molecule has 0 saturated heterocycles. The fourth-order valence-corrected chi connectivity index (χ4v) is 9.78. The SMILES string of the molecule is CC[C@H]1[C@@H](O)C2C3CCC([C@H](C)CCc4nn[nH]n4)[C@@]3(C)CCC2[C@@]2(C)CC[C@@H](O)C[C@@H]12. The van der Waals surface area contributed by atoms with Crippen molar-refractivity contribution in [2.75, 3.05) is 0 Å². The molecule has 0 spiro atoms. The zero-order valence-electron chi connectivity index (χ0n) is 20.5. The van der Waals surface area contributed by atoms with Gasteiger partial charge in [-0.25, -0.2) is 0 Å². The van der Waals surface area contributed by atoms with Crippen molar-refractivity contribution in [1.29, 1.82) is 0 Å². The summed E-state index contributed by atoms with van der Waals surface area (Å²) in [6.07, 6.45) is 10.7. The predicted octanol–water partition coefficient (Wildman–Crippen LogP) is 4.40. The molecule has 180 valence electrons. The molecule has 11 atom stereocenters. The van der Waals surface area contributed by atoms with Crippen molar-refractivity contribution < 1.29 is 10.2 Å². The minimum Gasteiger partial charge on any atom is -0.393 e. The van der Waals surface area contributed by atoms with Gasteiger partial charge in [-0.2, -0.15) is 5.21 Å². The number of aliphatic hydroxyl groups is 2. The number of fused-ring (bicyclic) bond motifs is 5. The number of hydrogen-bond donors (Lipinski definition) is 3. The highest BCUT2D eigenvalue weighted by atomic mass is 16.3. The molecular weight excluding hydrogens is 400 g/mol. The lowest BCUT2D eigenvalue weighted by atomic mass is 9.41. The van der Waals surface area contributed by atoms with E-state index in [1.54, 1.807) is 0 Å². The van der Waals surface area contributed by atoms with Gasteiger partial charge in [0.15, 0.2) is 5.82 Å². The molecule has 0 amide bonds. The summed E-state index contributed by atoms with van der Waals surface area (Å²) < 4.78 is 0. The van der Waals surface area contributed by atoms with Gasteiger partial charge < -0.3 is 10.2 Å². The van der Waals surface area contributed by atoms with Crippen LogP contribution >= 0.6 is 0 Å². The van der Waals surface area contributed by atoms with Crippen LogP contribution in [0.1, 0.15) is 91.3 Å². The van der Waals surface area contributed by atoms with E-state index < -0.39 is 0 Å². The third-order valence-corrected chi connectivity index (χ3v) is 11.4. The van der Waals surface area contributed by atoms with Gasteiger partial charge in [0.05, 0.1) is 12.2 Å². The molecule has 1 aromatic heterocycles. The van der Waals surface area contributed by atoms with Crippen LogP contribution in [-0.4, -0.2) is 43.0 Å². The summed E-state index contributed by atoms with van der Waals surface area (Å²) in [5.41, 5.74) is 0.613. The van der Waals surface area contributed by atoms with E-state index in [4.69, 9.17) is 0 Å². The molecule has 4 aliphatic carbocycles. The van der Waals surface area contributed by atoms with E-state index in [2.05, 4.69) is 48.3 Å². The van der Waals surface area contributed by atoms with Crippen molar-refractivity contribution in [3.05, 3.63) is 5.82 Å². The highest BCUT2D eigenvalue weighted by Crippen LogP contribution is 2.69. The zero-order chi connectivity index (χ0) is 22.7. The molecule has 1 aromatic rings. The molecule has 0 aliphatic heterocycles. The maximum Gasteiger partial charge on any atom is 0.174 e. The van der Waals surface area contributed by atoms with Crippen LogP contribution in [0.25, 0.3) is 0 Å². The highest BCUT2D eigenvalue weighted by molar-refractivity contribution is 5.13. The predicted molar refractivity (Wildman–Crippen MR) is 123 cm³/mol. The number of nitrogens with zero attached hydrogens (tertiary/aromatic N) is 3. The Morgan fingerprint density at radius 2 is 1.78 bits per heavy atom. The number of nitrogens with one attached hydrogen (secondary N) is 1. The summed E-state index contributed by atoms with van der Waals surface area (Å²) in [6, 6.07) is 0. The Kier molecular flexibility index (Phi) is 5.93. The summed E-state index contributed by atoms with van der Waals surface area (Å²) in [4.78, 5) is 0. The van der Waals surface area contributed by atoms with Crippen LogP contribution in [0, 0.1) is 52.3 Å². The monoisotopic (exact) mass is 444 g/mol. The first-order valence-electron chi connectivity index (χ1n) is 13.4. The number of aromatic amines is 1. The molecule has 6 heteroatoms. The number of aliphatic hydroxyl groups excluding tert-OH is 2. The second-order valence-electron chi connectivity index (χ2n) is 12.5. The van der Waals surface area contributed by atoms with Crippen LogP contribution in [0.2, 0.25) is 0 Å². The summed E-state index contributed by atoms with van der Waals surface area (Å²) in [5.74, 6) is 4.67. The van der Waals surface area contributed by atoms with Crippen LogP contribution in [0.15, 0.2) is 0 Å². The molecule has 0 bridgehead atoms. The molecule has 4 unspecified atom stereocenters. The van der Waals surface area contributed by atoms with E-state index in [1.807, 2.05) is 0 Å². The van der Waals surface area contributed by atoms with Crippen molar-refractivity contribution in [2.24, 2.45) is 52.3 Å². The van der Waals surface area contributed by atoms with E-state index in [0.717, 1.165) is 44.3 Å². The number of tetrazole rings is 1. The summed E-state index contributed by atoms with van der Waals surface area (Å²) >= 11 is 0. The fourth-order valence-electron chi connectivity index (χ4n) is 9.78. The van der Waals surface area contributed by atoms with Gasteiger partial charge in [0.2, 0.25) is 0 Å². The molecule has 0 radical (unpaired) electrons. The van der Waals surface area contributed by atoms with Gasteiger partial charge in [0.25, 0.3) is 0 Å². The molecule has 0 aromatic carbocycles. The molecule has 3 N–H and O–H groups in total. The number of aromatic nitrogens is 4. The number of H-pyrrole nitrogens is 1. The Bertz CT molecular complexity index is 787. The fraction of sp³-hybridized carbons (Fsp3) is 0.962. The largest absolute Gasteiger partial charge is 0.393 e. The topological polar surface area (TPSA) is 94.9 Å². The van der Waals surface area contributed by atoms with Crippen molar-refractivity contribution >= 4 is 0 Å². The van der Waals surface area contributed by atoms with E-state index in [1.165, 1.54) is 25.7 Å². The van der Waals surface area contributed by atoms with Crippen LogP contribution in [0.3, 0.4) is 0 Å². The van der Waals surface area contributed by atoms with Gasteiger partial charge in [-0.1, -0.05) is 39.3 Å². The standard InChI is InChI=1S/C26H44N4O2/c1-5-17-21-14-16(31)10-12-26(21,4)20-11-13-25(3)18(7-8-19(25)23(20)24(17)32)15(2)6-9-22-27-29-30-28-22/h15-21,23-24,31-32H,5-14H2,1-4H3,(H,27,28,29,30)/t15-,16-,17-,18?,19?,20?,21+,23?,24-,25-,26-/m1/s1. The third-order valence-electron chi connectivity index (χ3n) is 11.4. The van der Waals surface area contributed by atoms with Crippen molar-refractivity contribution in [3.8, 4) is 0 Å². The highest BCUT2D eigenvalue weighted by Gasteiger charge is 2.64. The zero-order valence-corrected chi connectivity index (χ0v) is 20.5. The Balaban J connectivity index is 1.38. The lowest BCUT2D eigenvalue weighted by Crippen LogP contribution is -2.62. The average Bonchev–Trinajstić information content (AvgIpc) is 3.41. The number of hydrogen-bond acceptors (Lipinski definition) is 5. The van der Waals surface area contributed by atoms with Gasteiger partial charge in [0.1, 0.15) is 0 Å². The van der Waals surface area contributed by atoms with E-state index in [-0.39, 0.29) is 17.6 Å². The van der Waals surface area contributed by atoms with Gasteiger partial charge in [0, 0.05) is 6.42 Å². The maximum atomic E-state index is 11.8. The summed E-state index contributed by atoms with van der Waals surface area (Å²) in [5, 5.41) is 36.9. The minimum atomic E-state index is -0.202. The molecule has 5 rings (SSSR count). The first kappa shape index (κ1) is 22.8. The molecular formula is C26H44N4O2. The molecule has 4 fully saturated rings. The Labute approximate surface area is 193 Å². The number of aryl methyl sites for hydroxylation is 1. The van der Waals surface area contributed by atoms with Crippen molar-refractivity contribution in [1.82, 2.24) is 20.6 Å². The van der Waals surface area contributed by atoms with Crippen LogP contribution in [0.4, 0.5) is 0 Å².